The molecule has 0 saturated heterocycles. The molecule has 0 spiro atoms. The van der Waals surface area contributed by atoms with Crippen LogP contribution in [-0.4, -0.2) is 10.9 Å². The highest BCUT2D eigenvalue weighted by molar-refractivity contribution is 6.30. The molecule has 2 nitrogen and oxygen atoms in total. The van der Waals surface area contributed by atoms with Crippen LogP contribution < -0.4 is 5.73 Å². The number of nitrogens with two attached hydrogens (primary N) is 1. The van der Waals surface area contributed by atoms with Crippen molar-refractivity contribution in [2.75, 3.05) is 0 Å². The number of rotatable bonds is 1. The van der Waals surface area contributed by atoms with Crippen molar-refractivity contribution in [1.82, 2.24) is 4.98 Å². The fourth-order valence-electron chi connectivity index (χ4n) is 1.46. The summed E-state index contributed by atoms with van der Waals surface area (Å²) in [7, 11) is 0. The number of hydrogen-bond acceptors (Lipinski definition) is 2. The maximum absolute atomic E-state index is 12.9. The first-order valence-electron chi connectivity index (χ1n) is 4.17. The zero-order valence-electron chi connectivity index (χ0n) is 7.52. The Labute approximate surface area is 85.1 Å². The van der Waals surface area contributed by atoms with Crippen LogP contribution in [0.15, 0.2) is 12.1 Å². The van der Waals surface area contributed by atoms with E-state index in [1.807, 2.05) is 0 Å². The zero-order valence-corrected chi connectivity index (χ0v) is 8.28. The molecule has 0 radical (unpaired) electrons. The van der Waals surface area contributed by atoms with Gasteiger partial charge in [0.2, 0.25) is 0 Å². The van der Waals surface area contributed by atoms with Crippen molar-refractivity contribution < 1.29 is 8.78 Å². The van der Waals surface area contributed by atoms with Crippen molar-refractivity contribution in [3.63, 3.8) is 0 Å². The quantitative estimate of drug-likeness (QED) is 0.735. The monoisotopic (exact) mass is 218 g/mol. The van der Waals surface area contributed by atoms with Crippen molar-refractivity contribution in [2.24, 2.45) is 5.73 Å². The third kappa shape index (κ3) is 1.21. The SMILES string of the molecule is Cc1ccc(C2(N)CC2(F)F)c(Cl)n1. The largest absolute Gasteiger partial charge is 0.316 e. The van der Waals surface area contributed by atoms with E-state index in [1.54, 1.807) is 13.0 Å². The van der Waals surface area contributed by atoms with Gasteiger partial charge in [-0.3, -0.25) is 0 Å². The first-order chi connectivity index (χ1) is 6.37. The van der Waals surface area contributed by atoms with Crippen LogP contribution in [0.4, 0.5) is 8.78 Å². The Balaban J connectivity index is 2.45. The van der Waals surface area contributed by atoms with Gasteiger partial charge in [-0.25, -0.2) is 13.8 Å². The lowest BCUT2D eigenvalue weighted by molar-refractivity contribution is 0.0890. The van der Waals surface area contributed by atoms with Crippen LogP contribution in [0.3, 0.4) is 0 Å². The predicted molar refractivity (Wildman–Crippen MR) is 49.4 cm³/mol. The highest BCUT2D eigenvalue weighted by atomic mass is 35.5. The molecule has 0 amide bonds. The summed E-state index contributed by atoms with van der Waals surface area (Å²) in [5, 5.41) is 0.0738. The van der Waals surface area contributed by atoms with Crippen LogP contribution in [0.1, 0.15) is 17.7 Å². The summed E-state index contributed by atoms with van der Waals surface area (Å²) in [6.45, 7) is 1.74. The molecule has 0 aromatic carbocycles. The minimum absolute atomic E-state index is 0.0738. The Bertz CT molecular complexity index is 394. The van der Waals surface area contributed by atoms with E-state index in [1.165, 1.54) is 6.07 Å². The van der Waals surface area contributed by atoms with Crippen LogP contribution in [-0.2, 0) is 5.54 Å². The highest BCUT2D eigenvalue weighted by Crippen LogP contribution is 2.58. The Hall–Kier alpha value is -0.740. The smallest absolute Gasteiger partial charge is 0.272 e. The van der Waals surface area contributed by atoms with Crippen molar-refractivity contribution in [1.29, 1.82) is 0 Å². The normalized spacial score (nSPS) is 28.9. The average Bonchev–Trinajstić information content (AvgIpc) is 2.50. The second-order valence-electron chi connectivity index (χ2n) is 3.64. The van der Waals surface area contributed by atoms with Crippen LogP contribution >= 0.6 is 11.6 Å². The van der Waals surface area contributed by atoms with Gasteiger partial charge in [-0.15, -0.1) is 0 Å². The maximum Gasteiger partial charge on any atom is 0.272 e. The Kier molecular flexibility index (Phi) is 1.85. The first-order valence-corrected chi connectivity index (χ1v) is 4.55. The molecule has 1 aliphatic carbocycles. The van der Waals surface area contributed by atoms with Crippen LogP contribution in [0.5, 0.6) is 0 Å². The van der Waals surface area contributed by atoms with Gasteiger partial charge >= 0.3 is 0 Å². The third-order valence-electron chi connectivity index (χ3n) is 2.50. The van der Waals surface area contributed by atoms with Crippen molar-refractivity contribution in [2.45, 2.75) is 24.8 Å². The standard InChI is InChI=1S/C9H9ClF2N2/c1-5-2-3-6(7(10)14-5)8(13)4-9(8,11)12/h2-3H,4,13H2,1H3. The van der Waals surface area contributed by atoms with E-state index in [0.717, 1.165) is 0 Å². The van der Waals surface area contributed by atoms with E-state index < -0.39 is 11.5 Å². The number of hydrogen-bond donors (Lipinski definition) is 1. The van der Waals surface area contributed by atoms with E-state index >= 15 is 0 Å². The molecule has 1 aromatic heterocycles. The summed E-state index contributed by atoms with van der Waals surface area (Å²) in [6.07, 6.45) is -0.357. The molecule has 2 rings (SSSR count). The number of alkyl halides is 2. The molecule has 1 aromatic rings. The fourth-order valence-corrected chi connectivity index (χ4v) is 1.82. The second-order valence-corrected chi connectivity index (χ2v) is 4.00. The minimum atomic E-state index is -2.85. The van der Waals surface area contributed by atoms with Crippen molar-refractivity contribution in [3.8, 4) is 0 Å². The predicted octanol–water partition coefficient (Wildman–Crippen LogP) is 2.24. The van der Waals surface area contributed by atoms with Crippen molar-refractivity contribution >= 4 is 11.6 Å². The van der Waals surface area contributed by atoms with Gasteiger partial charge in [0.05, 0.1) is 0 Å². The number of aromatic nitrogens is 1. The van der Waals surface area contributed by atoms with Gasteiger partial charge in [0, 0.05) is 17.7 Å². The van der Waals surface area contributed by atoms with Crippen molar-refractivity contribution in [3.05, 3.63) is 28.5 Å². The van der Waals surface area contributed by atoms with E-state index in [-0.39, 0.29) is 17.1 Å². The molecule has 14 heavy (non-hydrogen) atoms. The van der Waals surface area contributed by atoms with Gasteiger partial charge < -0.3 is 5.73 Å². The molecule has 1 atom stereocenters. The van der Waals surface area contributed by atoms with Crippen LogP contribution in [0, 0.1) is 6.92 Å². The maximum atomic E-state index is 12.9. The van der Waals surface area contributed by atoms with Gasteiger partial charge in [-0.05, 0) is 13.0 Å². The van der Waals surface area contributed by atoms with Crippen LogP contribution in [0.2, 0.25) is 5.15 Å². The molecule has 0 aliphatic heterocycles. The molecule has 2 N–H and O–H groups in total. The second kappa shape index (κ2) is 2.64. The van der Waals surface area contributed by atoms with Gasteiger partial charge in [-0.2, -0.15) is 0 Å². The van der Waals surface area contributed by atoms with E-state index in [9.17, 15) is 8.78 Å². The summed E-state index contributed by atoms with van der Waals surface area (Å²) in [5.74, 6) is -2.85. The molecule has 1 fully saturated rings. The topological polar surface area (TPSA) is 38.9 Å². The van der Waals surface area contributed by atoms with E-state index in [4.69, 9.17) is 17.3 Å². The summed E-state index contributed by atoms with van der Waals surface area (Å²) in [4.78, 5) is 3.90. The molecule has 1 saturated carbocycles. The van der Waals surface area contributed by atoms with Gasteiger partial charge in [0.15, 0.2) is 0 Å². The zero-order chi connectivity index (χ0) is 10.6. The molecule has 5 heteroatoms. The molecule has 0 bridgehead atoms. The average molecular weight is 219 g/mol. The van der Waals surface area contributed by atoms with E-state index in [0.29, 0.717) is 5.69 Å². The summed E-state index contributed by atoms with van der Waals surface area (Å²) in [5.41, 5.74) is 4.83. The number of halogens is 3. The molecular weight excluding hydrogens is 210 g/mol. The first kappa shape index (κ1) is 9.80. The molecule has 1 aliphatic rings. The lowest BCUT2D eigenvalue weighted by Crippen LogP contribution is -2.27. The Morgan fingerprint density at radius 2 is 2.07 bits per heavy atom. The number of nitrogens with zero attached hydrogens (tertiary/aromatic N) is 1. The molecule has 1 unspecified atom stereocenters. The lowest BCUT2D eigenvalue weighted by Gasteiger charge is -2.12. The summed E-state index contributed by atoms with van der Waals surface area (Å²) in [6, 6.07) is 3.15. The van der Waals surface area contributed by atoms with Gasteiger partial charge in [0.1, 0.15) is 10.7 Å². The van der Waals surface area contributed by atoms with Gasteiger partial charge in [0.25, 0.3) is 5.92 Å². The lowest BCUT2D eigenvalue weighted by atomic mass is 10.1. The summed E-state index contributed by atoms with van der Waals surface area (Å²) >= 11 is 5.76. The van der Waals surface area contributed by atoms with E-state index in [2.05, 4.69) is 4.98 Å². The molecule has 1 heterocycles. The molecule has 76 valence electrons. The number of pyridine rings is 1. The Morgan fingerprint density at radius 1 is 1.50 bits per heavy atom. The number of aryl methyl sites for hydroxylation is 1. The fraction of sp³-hybridized carbons (Fsp3) is 0.444. The minimum Gasteiger partial charge on any atom is -0.316 e. The highest BCUT2D eigenvalue weighted by Gasteiger charge is 2.70. The van der Waals surface area contributed by atoms with Gasteiger partial charge in [-0.1, -0.05) is 17.7 Å². The molecular formula is C9H9ClF2N2. The third-order valence-corrected chi connectivity index (χ3v) is 2.79. The Morgan fingerprint density at radius 3 is 2.50 bits per heavy atom. The summed E-state index contributed by atoms with van der Waals surface area (Å²) < 4.78 is 25.9. The van der Waals surface area contributed by atoms with Crippen LogP contribution in [0.25, 0.3) is 0 Å².